The Morgan fingerprint density at radius 1 is 1.15 bits per heavy atom. The number of carbonyl (C=O) groups excluding carboxylic acids is 1. The van der Waals surface area contributed by atoms with E-state index >= 15 is 0 Å². The van der Waals surface area contributed by atoms with Crippen molar-refractivity contribution in [2.45, 2.75) is 64.1 Å². The van der Waals surface area contributed by atoms with Crippen molar-refractivity contribution < 1.29 is 17.9 Å². The molecule has 1 aromatic carbocycles. The third kappa shape index (κ3) is 6.59. The molecule has 39 heavy (non-hydrogen) atoms. The zero-order chi connectivity index (χ0) is 27.6. The van der Waals surface area contributed by atoms with Crippen LogP contribution in [0.5, 0.6) is 0 Å². The number of sulfonamides is 1. The molecule has 0 saturated carbocycles. The third-order valence-corrected chi connectivity index (χ3v) is 9.24. The first-order chi connectivity index (χ1) is 18.7. The second kappa shape index (κ2) is 11.9. The van der Waals surface area contributed by atoms with Gasteiger partial charge in [-0.05, 0) is 51.0 Å². The number of rotatable bonds is 11. The molecule has 2 fully saturated rings. The third-order valence-electron chi connectivity index (χ3n) is 7.41. The first-order valence-corrected chi connectivity index (χ1v) is 16.3. The normalized spacial score (nSPS) is 21.1. The highest BCUT2D eigenvalue weighted by molar-refractivity contribution is 7.88. The van der Waals surface area contributed by atoms with E-state index in [1.807, 2.05) is 32.0 Å². The average molecular weight is 572 g/mol. The van der Waals surface area contributed by atoms with E-state index in [2.05, 4.69) is 32.1 Å². The summed E-state index contributed by atoms with van der Waals surface area (Å²) in [5.74, 6) is 1.41. The number of carbonyl (C=O) groups is 1. The highest BCUT2D eigenvalue weighted by Gasteiger charge is 2.42. The lowest BCUT2D eigenvalue weighted by atomic mass is 9.91. The Hall–Kier alpha value is -2.60. The SMILES string of the molecule is CC(C)NC(=O)Cc1sc2ncnc(N3C4CCC3CC(COCCNS(C)(=O)=O)C4)c2c1-c1ccccc1. The topological polar surface area (TPSA) is 114 Å². The summed E-state index contributed by atoms with van der Waals surface area (Å²) in [4.78, 5) is 26.7. The minimum absolute atomic E-state index is 0.0101. The Morgan fingerprint density at radius 3 is 2.54 bits per heavy atom. The Labute approximate surface area is 234 Å². The van der Waals surface area contributed by atoms with E-state index < -0.39 is 10.0 Å². The summed E-state index contributed by atoms with van der Waals surface area (Å²) in [5.41, 5.74) is 2.14. The molecule has 2 aliphatic heterocycles. The molecule has 2 aliphatic rings. The first kappa shape index (κ1) is 27.9. The summed E-state index contributed by atoms with van der Waals surface area (Å²) in [5, 5.41) is 4.07. The van der Waals surface area contributed by atoms with Crippen molar-refractivity contribution >= 4 is 43.3 Å². The summed E-state index contributed by atoms with van der Waals surface area (Å²) >= 11 is 1.59. The zero-order valence-electron chi connectivity index (χ0n) is 22.7. The fourth-order valence-corrected chi connectivity index (χ4v) is 7.64. The van der Waals surface area contributed by atoms with Crippen LogP contribution in [0.15, 0.2) is 36.7 Å². The molecule has 9 nitrogen and oxygen atoms in total. The number of aromatic nitrogens is 2. The van der Waals surface area contributed by atoms with Crippen molar-refractivity contribution in [2.75, 3.05) is 30.9 Å². The minimum Gasteiger partial charge on any atom is -0.380 e. The first-order valence-electron chi connectivity index (χ1n) is 13.6. The molecule has 11 heteroatoms. The van der Waals surface area contributed by atoms with E-state index in [0.717, 1.165) is 64.0 Å². The maximum atomic E-state index is 12.8. The summed E-state index contributed by atoms with van der Waals surface area (Å²) in [6.45, 7) is 5.25. The van der Waals surface area contributed by atoms with Crippen LogP contribution in [0.1, 0.15) is 44.4 Å². The second-order valence-corrected chi connectivity index (χ2v) is 13.8. The zero-order valence-corrected chi connectivity index (χ0v) is 24.4. The van der Waals surface area contributed by atoms with Crippen molar-refractivity contribution in [2.24, 2.45) is 5.92 Å². The van der Waals surface area contributed by atoms with Gasteiger partial charge in [0.25, 0.3) is 0 Å². The fourth-order valence-electron chi connectivity index (χ4n) is 6.03. The number of fused-ring (bicyclic) bond motifs is 3. The highest BCUT2D eigenvalue weighted by Crippen LogP contribution is 2.47. The number of nitrogens with one attached hydrogen (secondary N) is 2. The molecule has 2 aromatic heterocycles. The lowest BCUT2D eigenvalue weighted by molar-refractivity contribution is -0.120. The summed E-state index contributed by atoms with van der Waals surface area (Å²) in [6, 6.07) is 11.1. The van der Waals surface area contributed by atoms with Gasteiger partial charge < -0.3 is 15.0 Å². The lowest BCUT2D eigenvalue weighted by Gasteiger charge is -2.40. The molecular weight excluding hydrogens is 534 g/mol. The van der Waals surface area contributed by atoms with E-state index in [1.54, 1.807) is 17.7 Å². The Morgan fingerprint density at radius 2 is 1.87 bits per heavy atom. The van der Waals surface area contributed by atoms with Crippen molar-refractivity contribution in [1.29, 1.82) is 0 Å². The van der Waals surface area contributed by atoms with E-state index in [9.17, 15) is 13.2 Å². The van der Waals surface area contributed by atoms with E-state index in [-0.39, 0.29) is 11.9 Å². The van der Waals surface area contributed by atoms with Crippen LogP contribution >= 0.6 is 11.3 Å². The van der Waals surface area contributed by atoms with Crippen molar-refractivity contribution in [1.82, 2.24) is 20.0 Å². The molecule has 0 spiro atoms. The molecule has 1 amide bonds. The second-order valence-electron chi connectivity index (χ2n) is 10.9. The molecule has 210 valence electrons. The molecule has 0 aliphatic carbocycles. The molecule has 2 atom stereocenters. The molecule has 5 rings (SSSR count). The predicted molar refractivity (Wildman–Crippen MR) is 156 cm³/mol. The highest BCUT2D eigenvalue weighted by atomic mass is 32.2. The largest absolute Gasteiger partial charge is 0.380 e. The maximum absolute atomic E-state index is 12.8. The average Bonchev–Trinajstić information content (AvgIpc) is 3.36. The van der Waals surface area contributed by atoms with E-state index in [0.29, 0.717) is 44.2 Å². The number of ether oxygens (including phenoxy) is 1. The van der Waals surface area contributed by atoms with Gasteiger partial charge in [0.1, 0.15) is 17.0 Å². The summed E-state index contributed by atoms with van der Waals surface area (Å²) in [6.07, 6.45) is 7.36. The Bertz CT molecular complexity index is 1400. The molecule has 0 radical (unpaired) electrons. The van der Waals surface area contributed by atoms with Crippen LogP contribution in [0, 0.1) is 5.92 Å². The van der Waals surface area contributed by atoms with Gasteiger partial charge in [0.2, 0.25) is 15.9 Å². The molecule has 2 saturated heterocycles. The van der Waals surface area contributed by atoms with E-state index in [1.165, 1.54) is 0 Å². The van der Waals surface area contributed by atoms with Crippen LogP contribution in [0.25, 0.3) is 21.3 Å². The summed E-state index contributed by atoms with van der Waals surface area (Å²) in [7, 11) is -3.20. The molecule has 2 bridgehead atoms. The fraction of sp³-hybridized carbons (Fsp3) is 0.536. The molecular formula is C28H37N5O4S2. The van der Waals surface area contributed by atoms with E-state index in [4.69, 9.17) is 9.72 Å². The molecule has 2 N–H and O–H groups in total. The minimum atomic E-state index is -3.20. The Balaban J connectivity index is 1.40. The van der Waals surface area contributed by atoms with Gasteiger partial charge in [-0.15, -0.1) is 11.3 Å². The van der Waals surface area contributed by atoms with Gasteiger partial charge in [-0.25, -0.2) is 23.1 Å². The van der Waals surface area contributed by atoms with Crippen molar-refractivity contribution in [3.8, 4) is 11.1 Å². The maximum Gasteiger partial charge on any atom is 0.225 e. The van der Waals surface area contributed by atoms with Crippen molar-refractivity contribution in [3.63, 3.8) is 0 Å². The number of piperidine rings is 1. The number of hydrogen-bond donors (Lipinski definition) is 2. The molecule has 3 aromatic rings. The van der Waals surface area contributed by atoms with Crippen LogP contribution in [0.2, 0.25) is 0 Å². The molecule has 4 heterocycles. The van der Waals surface area contributed by atoms with Gasteiger partial charge in [0.15, 0.2) is 0 Å². The van der Waals surface area contributed by atoms with Crippen molar-refractivity contribution in [3.05, 3.63) is 41.5 Å². The quantitative estimate of drug-likeness (QED) is 0.337. The van der Waals surface area contributed by atoms with Gasteiger partial charge in [0.05, 0.1) is 24.7 Å². The molecule has 2 unspecified atom stereocenters. The number of thiophene rings is 1. The number of anilines is 1. The number of nitrogens with zero attached hydrogens (tertiary/aromatic N) is 3. The smallest absolute Gasteiger partial charge is 0.225 e. The number of benzene rings is 1. The van der Waals surface area contributed by atoms with Crippen LogP contribution in [0.3, 0.4) is 0 Å². The van der Waals surface area contributed by atoms with Crippen LogP contribution in [0.4, 0.5) is 5.82 Å². The standard InChI is InChI=1S/C28H37N5O4S2/c1-18(2)32-24(34)15-23-25(20-7-5-4-6-8-20)26-27(29-17-30-28(26)38-23)33-21-9-10-22(33)14-19(13-21)16-37-12-11-31-39(3,35)36/h4-8,17-19,21-22,31H,9-16H2,1-3H3,(H,32,34). The van der Waals surface area contributed by atoms with Crippen LogP contribution in [-0.4, -0.2) is 68.4 Å². The predicted octanol–water partition coefficient (Wildman–Crippen LogP) is 3.74. The number of hydrogen-bond acceptors (Lipinski definition) is 8. The number of amides is 1. The van der Waals surface area contributed by atoms with Gasteiger partial charge in [-0.2, -0.15) is 0 Å². The van der Waals surface area contributed by atoms with Gasteiger partial charge >= 0.3 is 0 Å². The summed E-state index contributed by atoms with van der Waals surface area (Å²) < 4.78 is 30.8. The van der Waals surface area contributed by atoms with Gasteiger partial charge in [0, 0.05) is 41.7 Å². The van der Waals surface area contributed by atoms with Crippen LogP contribution in [-0.2, 0) is 26.0 Å². The van der Waals surface area contributed by atoms with Gasteiger partial charge in [-0.1, -0.05) is 30.3 Å². The monoisotopic (exact) mass is 571 g/mol. The Kier molecular flexibility index (Phi) is 8.51. The lowest BCUT2D eigenvalue weighted by Crippen LogP contribution is -2.44. The van der Waals surface area contributed by atoms with Gasteiger partial charge in [-0.3, -0.25) is 4.79 Å². The van der Waals surface area contributed by atoms with Crippen LogP contribution < -0.4 is 14.9 Å².